The first-order valence-electron chi connectivity index (χ1n) is 11.3. The molecule has 0 amide bonds. The highest BCUT2D eigenvalue weighted by molar-refractivity contribution is 6.31. The molecule has 6 heteroatoms. The van der Waals surface area contributed by atoms with Gasteiger partial charge in [-0.15, -0.1) is 0 Å². The summed E-state index contributed by atoms with van der Waals surface area (Å²) in [6, 6.07) is 7.49. The summed E-state index contributed by atoms with van der Waals surface area (Å²) in [5.74, 6) is -0.454. The van der Waals surface area contributed by atoms with E-state index in [1.807, 2.05) is 48.6 Å². The lowest BCUT2D eigenvalue weighted by atomic mass is 9.85. The number of halogens is 1. The fourth-order valence-electron chi connectivity index (χ4n) is 4.25. The molecule has 4 atom stereocenters. The number of hydrogen-bond acceptors (Lipinski definition) is 4. The summed E-state index contributed by atoms with van der Waals surface area (Å²) in [7, 11) is 0. The molecule has 0 bridgehead atoms. The van der Waals surface area contributed by atoms with Gasteiger partial charge >= 0.3 is 5.97 Å². The predicted molar refractivity (Wildman–Crippen MR) is 121 cm³/mol. The van der Waals surface area contributed by atoms with Crippen LogP contribution in [-0.4, -0.2) is 34.5 Å². The summed E-state index contributed by atoms with van der Waals surface area (Å²) in [6.45, 7) is 0. The van der Waals surface area contributed by atoms with Gasteiger partial charge in [-0.3, -0.25) is 4.79 Å². The van der Waals surface area contributed by atoms with Crippen LogP contribution in [0.15, 0.2) is 48.6 Å². The maximum atomic E-state index is 10.6. The van der Waals surface area contributed by atoms with E-state index in [1.54, 1.807) is 0 Å². The molecule has 1 saturated heterocycles. The molecule has 3 rings (SSSR count). The molecule has 0 aromatic heterocycles. The van der Waals surface area contributed by atoms with E-state index in [-0.39, 0.29) is 18.6 Å². The van der Waals surface area contributed by atoms with Crippen LogP contribution in [0.5, 0.6) is 0 Å². The summed E-state index contributed by atoms with van der Waals surface area (Å²) in [5, 5.41) is 19.9. The van der Waals surface area contributed by atoms with Crippen LogP contribution < -0.4 is 0 Å². The molecule has 1 aromatic rings. The van der Waals surface area contributed by atoms with Crippen LogP contribution in [0.4, 0.5) is 0 Å². The van der Waals surface area contributed by atoms with E-state index >= 15 is 0 Å². The minimum Gasteiger partial charge on any atom is -0.481 e. The van der Waals surface area contributed by atoms with E-state index in [4.69, 9.17) is 26.2 Å². The van der Waals surface area contributed by atoms with Gasteiger partial charge in [0.25, 0.3) is 0 Å². The highest BCUT2D eigenvalue weighted by Crippen LogP contribution is 2.37. The summed E-state index contributed by atoms with van der Waals surface area (Å²) in [6.07, 6.45) is 14.2. The maximum absolute atomic E-state index is 10.6. The number of aliphatic hydroxyl groups is 1. The van der Waals surface area contributed by atoms with Crippen molar-refractivity contribution in [3.8, 4) is 0 Å². The van der Waals surface area contributed by atoms with Gasteiger partial charge in [0.2, 0.25) is 0 Å². The van der Waals surface area contributed by atoms with Gasteiger partial charge in [0, 0.05) is 17.0 Å². The number of benzene rings is 1. The number of rotatable bonds is 10. The van der Waals surface area contributed by atoms with Crippen LogP contribution in [0.2, 0.25) is 5.02 Å². The Kier molecular flexibility index (Phi) is 9.59. The molecule has 0 radical (unpaired) electrons. The molecule has 2 N–H and O–H groups in total. The Hall–Kier alpha value is -1.66. The van der Waals surface area contributed by atoms with Gasteiger partial charge in [0.05, 0.1) is 12.2 Å². The lowest BCUT2D eigenvalue weighted by Crippen LogP contribution is -2.23. The van der Waals surface area contributed by atoms with Gasteiger partial charge < -0.3 is 19.7 Å². The van der Waals surface area contributed by atoms with E-state index in [2.05, 4.69) is 0 Å². The van der Waals surface area contributed by atoms with Crippen LogP contribution in [0.1, 0.15) is 69.6 Å². The number of allylic oxidation sites excluding steroid dienone is 1. The number of ether oxygens (including phenoxy) is 2. The minimum atomic E-state index is -0.773. The van der Waals surface area contributed by atoms with Gasteiger partial charge in [-0.1, -0.05) is 73.4 Å². The lowest BCUT2D eigenvalue weighted by Gasteiger charge is -2.24. The van der Waals surface area contributed by atoms with Crippen molar-refractivity contribution >= 4 is 17.6 Å². The molecular formula is C25H33ClO5. The molecular weight excluding hydrogens is 416 g/mol. The molecule has 2 fully saturated rings. The summed E-state index contributed by atoms with van der Waals surface area (Å²) < 4.78 is 12.4. The van der Waals surface area contributed by atoms with Crippen molar-refractivity contribution in [3.63, 3.8) is 0 Å². The zero-order valence-corrected chi connectivity index (χ0v) is 18.6. The third-order valence-electron chi connectivity index (χ3n) is 6.03. The van der Waals surface area contributed by atoms with E-state index in [9.17, 15) is 9.90 Å². The average molecular weight is 449 g/mol. The Labute approximate surface area is 189 Å². The number of carboxylic acid groups (broad SMARTS) is 1. The van der Waals surface area contributed by atoms with Crippen LogP contribution >= 0.6 is 11.6 Å². The van der Waals surface area contributed by atoms with Crippen molar-refractivity contribution in [3.05, 3.63) is 59.2 Å². The first-order chi connectivity index (χ1) is 15.0. The number of carboxylic acids is 1. The molecule has 1 saturated carbocycles. The fraction of sp³-hybridized carbons (Fsp3) is 0.560. The molecule has 0 spiro atoms. The van der Waals surface area contributed by atoms with Crippen LogP contribution in [0, 0.1) is 5.92 Å². The molecule has 1 heterocycles. The molecule has 1 aliphatic heterocycles. The van der Waals surface area contributed by atoms with Gasteiger partial charge in [0.15, 0.2) is 6.29 Å². The Balaban J connectivity index is 1.62. The highest BCUT2D eigenvalue weighted by atomic mass is 35.5. The molecule has 5 nitrogen and oxygen atoms in total. The predicted octanol–water partition coefficient (Wildman–Crippen LogP) is 5.82. The lowest BCUT2D eigenvalue weighted by molar-refractivity contribution is -0.137. The minimum absolute atomic E-state index is 0.173. The van der Waals surface area contributed by atoms with Crippen LogP contribution in [0.3, 0.4) is 0 Å². The van der Waals surface area contributed by atoms with Crippen molar-refractivity contribution in [1.82, 2.24) is 0 Å². The fourth-order valence-corrected chi connectivity index (χ4v) is 4.47. The average Bonchev–Trinajstić information content (AvgIpc) is 3.18. The first-order valence-corrected chi connectivity index (χ1v) is 11.7. The Bertz CT molecular complexity index is 756. The van der Waals surface area contributed by atoms with E-state index < -0.39 is 18.4 Å². The topological polar surface area (TPSA) is 76.0 Å². The zero-order chi connectivity index (χ0) is 22.1. The smallest absolute Gasteiger partial charge is 0.303 e. The largest absolute Gasteiger partial charge is 0.481 e. The molecule has 1 aromatic carbocycles. The zero-order valence-electron chi connectivity index (χ0n) is 17.9. The standard InChI is InChI=1S/C25H33ClO5/c26-20-13-9-8-12-19(20)25-30-22(14-6-1-2-7-15-24(28)29)23(31-25)17-16-21(27)18-10-4-3-5-11-18/h1,6,8-9,12-13,16-18,21-23,25,27H,2-5,7,10-11,14-15H2,(H,28,29)/b6-1-,17-16+. The van der Waals surface area contributed by atoms with Crippen molar-refractivity contribution in [2.24, 2.45) is 5.92 Å². The summed E-state index contributed by atoms with van der Waals surface area (Å²) in [5.41, 5.74) is 0.795. The van der Waals surface area contributed by atoms with Crippen molar-refractivity contribution in [2.75, 3.05) is 0 Å². The van der Waals surface area contributed by atoms with Crippen LogP contribution in [-0.2, 0) is 14.3 Å². The summed E-state index contributed by atoms with van der Waals surface area (Å²) >= 11 is 6.34. The molecule has 31 heavy (non-hydrogen) atoms. The second-order valence-corrected chi connectivity index (χ2v) is 8.80. The second-order valence-electron chi connectivity index (χ2n) is 8.40. The Morgan fingerprint density at radius 1 is 1.16 bits per heavy atom. The van der Waals surface area contributed by atoms with Gasteiger partial charge in [0.1, 0.15) is 6.10 Å². The van der Waals surface area contributed by atoms with Gasteiger partial charge in [-0.2, -0.15) is 0 Å². The molecule has 2 aliphatic rings. The van der Waals surface area contributed by atoms with Crippen LogP contribution in [0.25, 0.3) is 0 Å². The van der Waals surface area contributed by atoms with E-state index in [1.165, 1.54) is 19.3 Å². The number of carbonyl (C=O) groups is 1. The first kappa shape index (κ1) is 24.0. The molecule has 1 aliphatic carbocycles. The Morgan fingerprint density at radius 3 is 2.68 bits per heavy atom. The quantitative estimate of drug-likeness (QED) is 0.348. The molecule has 170 valence electrons. The third-order valence-corrected chi connectivity index (χ3v) is 6.38. The molecule has 4 unspecified atom stereocenters. The maximum Gasteiger partial charge on any atom is 0.303 e. The van der Waals surface area contributed by atoms with E-state index in [0.717, 1.165) is 18.4 Å². The normalized spacial score (nSPS) is 26.1. The second kappa shape index (κ2) is 12.4. The number of unbranched alkanes of at least 4 members (excludes halogenated alkanes) is 1. The van der Waals surface area contributed by atoms with Crippen molar-refractivity contribution in [2.45, 2.75) is 82.4 Å². The number of aliphatic hydroxyl groups excluding tert-OH is 1. The van der Waals surface area contributed by atoms with Crippen molar-refractivity contribution < 1.29 is 24.5 Å². The van der Waals surface area contributed by atoms with Crippen molar-refractivity contribution in [1.29, 1.82) is 0 Å². The van der Waals surface area contributed by atoms with Gasteiger partial charge in [-0.25, -0.2) is 0 Å². The van der Waals surface area contributed by atoms with Gasteiger partial charge in [-0.05, 0) is 44.1 Å². The third kappa shape index (κ3) is 7.46. The van der Waals surface area contributed by atoms with E-state index in [0.29, 0.717) is 30.2 Å². The summed E-state index contributed by atoms with van der Waals surface area (Å²) in [4.78, 5) is 10.6. The SMILES string of the molecule is O=C(O)CCC/C=C\CC1OC(c2ccccc2Cl)OC1/C=C/C(O)C1CCCCC1. The Morgan fingerprint density at radius 2 is 1.94 bits per heavy atom. The number of aliphatic carboxylic acids is 1. The monoisotopic (exact) mass is 448 g/mol. The highest BCUT2D eigenvalue weighted by Gasteiger charge is 2.35. The number of hydrogen-bond donors (Lipinski definition) is 2.